The van der Waals surface area contributed by atoms with E-state index < -0.39 is 0 Å². The Kier molecular flexibility index (Phi) is 3.95. The Balaban J connectivity index is 2.17. The van der Waals surface area contributed by atoms with Crippen LogP contribution >= 0.6 is 0 Å². The number of benzene rings is 1. The first-order chi connectivity index (χ1) is 9.08. The average molecular weight is 254 g/mol. The van der Waals surface area contributed by atoms with E-state index in [2.05, 4.69) is 4.98 Å². The highest BCUT2D eigenvalue weighted by Crippen LogP contribution is 2.14. The van der Waals surface area contributed by atoms with Gasteiger partial charge in [0, 0.05) is 31.5 Å². The fourth-order valence-corrected chi connectivity index (χ4v) is 2.01. The van der Waals surface area contributed by atoms with E-state index in [1.165, 1.54) is 0 Å². The summed E-state index contributed by atoms with van der Waals surface area (Å²) < 4.78 is 0. The molecule has 0 N–H and O–H groups in total. The minimum atomic E-state index is 0.0463. The Morgan fingerprint density at radius 3 is 2.74 bits per heavy atom. The minimum absolute atomic E-state index is 0.0463. The quantitative estimate of drug-likeness (QED) is 0.843. The summed E-state index contributed by atoms with van der Waals surface area (Å²) >= 11 is 0. The van der Waals surface area contributed by atoms with Gasteiger partial charge in [-0.3, -0.25) is 9.78 Å². The first-order valence-electron chi connectivity index (χ1n) is 6.29. The number of hydrogen-bond acceptors (Lipinski definition) is 2. The number of rotatable bonds is 3. The van der Waals surface area contributed by atoms with Crippen LogP contribution in [0.2, 0.25) is 0 Å². The summed E-state index contributed by atoms with van der Waals surface area (Å²) in [7, 11) is 1.82. The molecule has 0 saturated carbocycles. The molecule has 0 radical (unpaired) electrons. The second-order valence-electron chi connectivity index (χ2n) is 4.84. The Morgan fingerprint density at radius 2 is 2.05 bits per heavy atom. The summed E-state index contributed by atoms with van der Waals surface area (Å²) in [5.41, 5.74) is 3.91. The molecule has 0 saturated heterocycles. The average Bonchev–Trinajstić information content (AvgIpc) is 2.42. The highest BCUT2D eigenvalue weighted by molar-refractivity contribution is 5.95. The minimum Gasteiger partial charge on any atom is -0.337 e. The number of carbonyl (C=O) groups excluding carboxylic acids is 1. The first-order valence-corrected chi connectivity index (χ1v) is 6.29. The van der Waals surface area contributed by atoms with E-state index in [1.54, 1.807) is 17.3 Å². The zero-order valence-corrected chi connectivity index (χ0v) is 11.6. The number of carbonyl (C=O) groups is 1. The second kappa shape index (κ2) is 5.65. The van der Waals surface area contributed by atoms with Gasteiger partial charge in [0.25, 0.3) is 5.91 Å². The van der Waals surface area contributed by atoms with Crippen molar-refractivity contribution in [2.75, 3.05) is 7.05 Å². The second-order valence-corrected chi connectivity index (χ2v) is 4.84. The van der Waals surface area contributed by atoms with E-state index in [0.717, 1.165) is 22.3 Å². The fourth-order valence-electron chi connectivity index (χ4n) is 2.01. The van der Waals surface area contributed by atoms with Crippen molar-refractivity contribution in [1.29, 1.82) is 0 Å². The van der Waals surface area contributed by atoms with Crippen molar-refractivity contribution >= 4 is 5.91 Å². The zero-order chi connectivity index (χ0) is 13.8. The molecule has 1 heterocycles. The summed E-state index contributed by atoms with van der Waals surface area (Å²) in [6, 6.07) is 9.80. The molecule has 98 valence electrons. The van der Waals surface area contributed by atoms with Crippen LogP contribution in [0.25, 0.3) is 0 Å². The molecule has 0 aliphatic rings. The van der Waals surface area contributed by atoms with Crippen molar-refractivity contribution in [2.45, 2.75) is 20.4 Å². The van der Waals surface area contributed by atoms with Gasteiger partial charge >= 0.3 is 0 Å². The standard InChI is InChI=1S/C16H18N2O/c1-12-6-7-13(2)15(9-12)16(19)18(3)11-14-5-4-8-17-10-14/h4-10H,11H2,1-3H3. The largest absolute Gasteiger partial charge is 0.337 e. The number of amides is 1. The van der Waals surface area contributed by atoms with Crippen LogP contribution < -0.4 is 0 Å². The number of hydrogen-bond donors (Lipinski definition) is 0. The lowest BCUT2D eigenvalue weighted by atomic mass is 10.0. The molecule has 1 aromatic carbocycles. The predicted molar refractivity (Wildman–Crippen MR) is 76.0 cm³/mol. The van der Waals surface area contributed by atoms with E-state index in [1.807, 2.05) is 51.2 Å². The lowest BCUT2D eigenvalue weighted by molar-refractivity contribution is 0.0784. The Hall–Kier alpha value is -2.16. The molecule has 19 heavy (non-hydrogen) atoms. The molecule has 0 fully saturated rings. The van der Waals surface area contributed by atoms with Gasteiger partial charge in [0.05, 0.1) is 0 Å². The van der Waals surface area contributed by atoms with Crippen LogP contribution in [-0.2, 0) is 6.54 Å². The van der Waals surface area contributed by atoms with Gasteiger partial charge in [-0.15, -0.1) is 0 Å². The summed E-state index contributed by atoms with van der Waals surface area (Å²) in [5.74, 6) is 0.0463. The molecule has 1 aromatic heterocycles. The molecular formula is C16H18N2O. The summed E-state index contributed by atoms with van der Waals surface area (Å²) in [6.45, 7) is 4.53. The third-order valence-corrected chi connectivity index (χ3v) is 3.11. The van der Waals surface area contributed by atoms with Crippen molar-refractivity contribution in [2.24, 2.45) is 0 Å². The summed E-state index contributed by atoms with van der Waals surface area (Å²) in [5, 5.41) is 0. The third-order valence-electron chi connectivity index (χ3n) is 3.11. The van der Waals surface area contributed by atoms with Gasteiger partial charge in [-0.1, -0.05) is 23.8 Å². The molecule has 3 heteroatoms. The molecule has 2 rings (SSSR count). The molecule has 0 spiro atoms. The number of aryl methyl sites for hydroxylation is 2. The third kappa shape index (κ3) is 3.19. The summed E-state index contributed by atoms with van der Waals surface area (Å²) in [6.07, 6.45) is 3.52. The van der Waals surface area contributed by atoms with Gasteiger partial charge < -0.3 is 4.90 Å². The zero-order valence-electron chi connectivity index (χ0n) is 11.6. The maximum Gasteiger partial charge on any atom is 0.254 e. The highest BCUT2D eigenvalue weighted by atomic mass is 16.2. The Labute approximate surface area is 113 Å². The van der Waals surface area contributed by atoms with Gasteiger partial charge in [-0.05, 0) is 37.1 Å². The first kappa shape index (κ1) is 13.3. The van der Waals surface area contributed by atoms with Crippen LogP contribution in [0.5, 0.6) is 0 Å². The smallest absolute Gasteiger partial charge is 0.254 e. The van der Waals surface area contributed by atoms with Gasteiger partial charge in [-0.25, -0.2) is 0 Å². The highest BCUT2D eigenvalue weighted by Gasteiger charge is 2.14. The van der Waals surface area contributed by atoms with Crippen LogP contribution in [-0.4, -0.2) is 22.8 Å². The van der Waals surface area contributed by atoms with Crippen LogP contribution in [0.1, 0.15) is 27.0 Å². The van der Waals surface area contributed by atoms with Crippen molar-refractivity contribution in [1.82, 2.24) is 9.88 Å². The molecule has 0 aliphatic heterocycles. The molecule has 2 aromatic rings. The molecular weight excluding hydrogens is 236 g/mol. The molecule has 1 amide bonds. The van der Waals surface area contributed by atoms with Gasteiger partial charge in [0.1, 0.15) is 0 Å². The molecule has 0 aliphatic carbocycles. The van der Waals surface area contributed by atoms with Crippen molar-refractivity contribution < 1.29 is 4.79 Å². The van der Waals surface area contributed by atoms with Crippen molar-refractivity contribution in [3.05, 3.63) is 65.0 Å². The fraction of sp³-hybridized carbons (Fsp3) is 0.250. The summed E-state index contributed by atoms with van der Waals surface area (Å²) in [4.78, 5) is 18.2. The molecule has 0 bridgehead atoms. The Morgan fingerprint density at radius 1 is 1.26 bits per heavy atom. The van der Waals surface area contributed by atoms with Gasteiger partial charge in [0.15, 0.2) is 0 Å². The molecule has 0 atom stereocenters. The maximum absolute atomic E-state index is 12.4. The monoisotopic (exact) mass is 254 g/mol. The lowest BCUT2D eigenvalue weighted by Crippen LogP contribution is -2.27. The lowest BCUT2D eigenvalue weighted by Gasteiger charge is -2.18. The van der Waals surface area contributed by atoms with Crippen LogP contribution in [0.4, 0.5) is 0 Å². The Bertz CT molecular complexity index is 579. The number of pyridine rings is 1. The molecule has 3 nitrogen and oxygen atoms in total. The predicted octanol–water partition coefficient (Wildman–Crippen LogP) is 2.97. The number of nitrogens with zero attached hydrogens (tertiary/aromatic N) is 2. The normalized spacial score (nSPS) is 10.3. The van der Waals surface area contributed by atoms with E-state index in [-0.39, 0.29) is 5.91 Å². The van der Waals surface area contributed by atoms with Gasteiger partial charge in [-0.2, -0.15) is 0 Å². The SMILES string of the molecule is Cc1ccc(C)c(C(=O)N(C)Cc2cccnc2)c1. The topological polar surface area (TPSA) is 33.2 Å². The van der Waals surface area contributed by atoms with Crippen LogP contribution in [0.3, 0.4) is 0 Å². The number of aromatic nitrogens is 1. The van der Waals surface area contributed by atoms with Crippen LogP contribution in [0.15, 0.2) is 42.7 Å². The van der Waals surface area contributed by atoms with E-state index in [0.29, 0.717) is 6.54 Å². The van der Waals surface area contributed by atoms with E-state index >= 15 is 0 Å². The van der Waals surface area contributed by atoms with Crippen LogP contribution in [0, 0.1) is 13.8 Å². The van der Waals surface area contributed by atoms with Crippen molar-refractivity contribution in [3.8, 4) is 0 Å². The van der Waals surface area contributed by atoms with Gasteiger partial charge in [0.2, 0.25) is 0 Å². The van der Waals surface area contributed by atoms with E-state index in [9.17, 15) is 4.79 Å². The van der Waals surface area contributed by atoms with E-state index in [4.69, 9.17) is 0 Å². The molecule has 0 unspecified atom stereocenters. The van der Waals surface area contributed by atoms with Crippen molar-refractivity contribution in [3.63, 3.8) is 0 Å². The maximum atomic E-state index is 12.4.